The molecule has 0 spiro atoms. The lowest BCUT2D eigenvalue weighted by Crippen LogP contribution is -2.41. The van der Waals surface area contributed by atoms with Crippen LogP contribution in [0.4, 0.5) is 10.6 Å². The average molecular weight is 434 g/mol. The summed E-state index contributed by atoms with van der Waals surface area (Å²) in [5, 5.41) is 9.09. The number of hydrogen-bond acceptors (Lipinski definition) is 7. The zero-order valence-electron chi connectivity index (χ0n) is 17.4. The highest BCUT2D eigenvalue weighted by Crippen LogP contribution is 2.38. The molecule has 5 rings (SSSR count). The minimum atomic E-state index is -0.616. The monoisotopic (exact) mass is 434 g/mol. The third kappa shape index (κ3) is 4.30. The van der Waals surface area contributed by atoms with Gasteiger partial charge in [0.1, 0.15) is 17.3 Å². The van der Waals surface area contributed by atoms with Gasteiger partial charge in [-0.05, 0) is 37.5 Å². The van der Waals surface area contributed by atoms with Gasteiger partial charge in [-0.2, -0.15) is 5.10 Å². The molecule has 3 aromatic heterocycles. The summed E-state index contributed by atoms with van der Waals surface area (Å²) in [5.74, 6) is 0.821. The number of fused-ring (bicyclic) bond motifs is 2. The number of nitrogens with zero attached hydrogens (tertiary/aromatic N) is 4. The number of ether oxygens (including phenoxy) is 2. The summed E-state index contributed by atoms with van der Waals surface area (Å²) in [4.78, 5) is 33.0. The van der Waals surface area contributed by atoms with Gasteiger partial charge in [0.15, 0.2) is 0 Å². The highest BCUT2D eigenvalue weighted by atomic mass is 16.5. The maximum absolute atomic E-state index is 12.3. The van der Waals surface area contributed by atoms with Crippen LogP contribution in [0, 0.1) is 5.92 Å². The lowest BCUT2D eigenvalue weighted by atomic mass is 9.89. The number of amides is 3. The van der Waals surface area contributed by atoms with Crippen LogP contribution in [0.3, 0.4) is 0 Å². The van der Waals surface area contributed by atoms with E-state index in [1.165, 1.54) is 6.20 Å². The van der Waals surface area contributed by atoms with Crippen molar-refractivity contribution in [2.24, 2.45) is 13.0 Å². The van der Waals surface area contributed by atoms with Crippen LogP contribution in [0.25, 0.3) is 11.3 Å². The van der Waals surface area contributed by atoms with Crippen molar-refractivity contribution in [1.29, 1.82) is 0 Å². The van der Waals surface area contributed by atoms with Gasteiger partial charge in [0, 0.05) is 31.1 Å². The number of hydrogen-bond donors (Lipinski definition) is 2. The minimum absolute atomic E-state index is 0.0748. The van der Waals surface area contributed by atoms with Crippen LogP contribution in [0.15, 0.2) is 49.1 Å². The molecule has 0 radical (unpaired) electrons. The van der Waals surface area contributed by atoms with Crippen LogP contribution < -0.4 is 15.4 Å². The Morgan fingerprint density at radius 2 is 2.06 bits per heavy atom. The normalized spacial score (nSPS) is 21.3. The second-order valence-corrected chi connectivity index (χ2v) is 7.92. The van der Waals surface area contributed by atoms with Crippen LogP contribution in [0.2, 0.25) is 0 Å². The number of urea groups is 1. The minimum Gasteiger partial charge on any atom is -0.456 e. The fourth-order valence-corrected chi connectivity index (χ4v) is 4.10. The van der Waals surface area contributed by atoms with E-state index >= 15 is 0 Å². The molecule has 0 aromatic carbocycles. The second-order valence-electron chi connectivity index (χ2n) is 7.92. The van der Waals surface area contributed by atoms with Crippen LogP contribution in [0.5, 0.6) is 11.5 Å². The summed E-state index contributed by atoms with van der Waals surface area (Å²) in [5.41, 5.74) is 1.62. The summed E-state index contributed by atoms with van der Waals surface area (Å²) in [6.07, 6.45) is 9.35. The number of rotatable bonds is 5. The third-order valence-corrected chi connectivity index (χ3v) is 5.63. The van der Waals surface area contributed by atoms with Crippen LogP contribution in [-0.4, -0.2) is 43.9 Å². The Morgan fingerprint density at radius 1 is 1.16 bits per heavy atom. The summed E-state index contributed by atoms with van der Waals surface area (Å²) in [6.45, 7) is 0. The van der Waals surface area contributed by atoms with Crippen molar-refractivity contribution in [1.82, 2.24) is 25.1 Å². The number of carbonyl (C=O) groups excluding carboxylic acids is 2. The number of nitrogens with one attached hydrogen (secondary N) is 2. The molecule has 3 aromatic rings. The largest absolute Gasteiger partial charge is 0.456 e. The molecule has 5 heterocycles. The molecule has 2 N–H and O–H groups in total. The average Bonchev–Trinajstić information content (AvgIpc) is 3.52. The Hall–Kier alpha value is -3.79. The molecular weight excluding hydrogens is 412 g/mol. The van der Waals surface area contributed by atoms with Crippen LogP contribution in [-0.2, 0) is 16.6 Å². The van der Waals surface area contributed by atoms with Crippen LogP contribution in [0.1, 0.15) is 19.3 Å². The Labute approximate surface area is 184 Å². The van der Waals surface area contributed by atoms with E-state index in [4.69, 9.17) is 9.47 Å². The second kappa shape index (κ2) is 8.39. The molecule has 10 heteroatoms. The van der Waals surface area contributed by atoms with E-state index in [1.54, 1.807) is 35.3 Å². The lowest BCUT2D eigenvalue weighted by molar-refractivity contribution is -0.125. The predicted molar refractivity (Wildman–Crippen MR) is 114 cm³/mol. The highest BCUT2D eigenvalue weighted by molar-refractivity contribution is 6.01. The number of aromatic nitrogens is 4. The quantitative estimate of drug-likeness (QED) is 0.633. The van der Waals surface area contributed by atoms with Gasteiger partial charge in [0.05, 0.1) is 36.2 Å². The zero-order valence-corrected chi connectivity index (χ0v) is 17.4. The first-order chi connectivity index (χ1) is 15.5. The van der Waals surface area contributed by atoms with E-state index in [-0.39, 0.29) is 24.0 Å². The van der Waals surface area contributed by atoms with Crippen molar-refractivity contribution < 1.29 is 19.1 Å². The van der Waals surface area contributed by atoms with Gasteiger partial charge >= 0.3 is 6.03 Å². The zero-order chi connectivity index (χ0) is 22.1. The molecule has 2 saturated heterocycles. The number of pyridine rings is 2. The highest BCUT2D eigenvalue weighted by Gasteiger charge is 2.44. The SMILES string of the molecule is Cn1cc(-c2cc(Oc3ccc(NC(=O)NC(=O)C4CC5CCC4O5)nc3)ccn2)cn1. The third-order valence-electron chi connectivity index (χ3n) is 5.63. The maximum atomic E-state index is 12.3. The molecular formula is C22H22N6O4. The first-order valence-corrected chi connectivity index (χ1v) is 10.4. The Kier molecular flexibility index (Phi) is 5.28. The predicted octanol–water partition coefficient (Wildman–Crippen LogP) is 2.89. The van der Waals surface area contributed by atoms with Crippen molar-refractivity contribution in [3.63, 3.8) is 0 Å². The van der Waals surface area contributed by atoms with Gasteiger partial charge in [-0.1, -0.05) is 0 Å². The van der Waals surface area contributed by atoms with E-state index in [9.17, 15) is 9.59 Å². The molecule has 10 nitrogen and oxygen atoms in total. The van der Waals surface area contributed by atoms with Crippen LogP contribution >= 0.6 is 0 Å². The molecule has 32 heavy (non-hydrogen) atoms. The topological polar surface area (TPSA) is 120 Å². The maximum Gasteiger partial charge on any atom is 0.327 e. The fourth-order valence-electron chi connectivity index (χ4n) is 4.10. The van der Waals surface area contributed by atoms with Gasteiger partial charge in [-0.15, -0.1) is 0 Å². The van der Waals surface area contributed by atoms with E-state index in [0.717, 1.165) is 24.1 Å². The molecule has 0 aliphatic carbocycles. The molecule has 3 amide bonds. The summed E-state index contributed by atoms with van der Waals surface area (Å²) >= 11 is 0. The standard InChI is InChI=1S/C22H22N6O4/c1-28-12-13(10-25-28)18-9-15(6-7-23-18)31-16-3-5-20(24-11-16)26-22(30)27-21(29)17-8-14-2-4-19(17)32-14/h3,5-7,9-12,14,17,19H,2,4,8H2,1H3,(H2,24,26,27,29,30). The number of anilines is 1. The summed E-state index contributed by atoms with van der Waals surface area (Å²) in [7, 11) is 1.84. The van der Waals surface area contributed by atoms with E-state index < -0.39 is 6.03 Å². The van der Waals surface area contributed by atoms with Crippen molar-refractivity contribution in [2.45, 2.75) is 31.5 Å². The van der Waals surface area contributed by atoms with E-state index in [0.29, 0.717) is 23.7 Å². The van der Waals surface area contributed by atoms with Gasteiger partial charge in [-0.3, -0.25) is 25.1 Å². The number of imide groups is 1. The Morgan fingerprint density at radius 3 is 2.75 bits per heavy atom. The molecule has 2 aliphatic rings. The van der Waals surface area contributed by atoms with E-state index in [2.05, 4.69) is 25.7 Å². The summed E-state index contributed by atoms with van der Waals surface area (Å²) < 4.78 is 13.2. The van der Waals surface area contributed by atoms with Crippen molar-refractivity contribution in [2.75, 3.05) is 5.32 Å². The van der Waals surface area contributed by atoms with Gasteiger partial charge in [-0.25, -0.2) is 9.78 Å². The lowest BCUT2D eigenvalue weighted by Gasteiger charge is -2.17. The molecule has 2 aliphatic heterocycles. The first kappa shape index (κ1) is 20.1. The molecule has 2 fully saturated rings. The van der Waals surface area contributed by atoms with Gasteiger partial charge < -0.3 is 9.47 Å². The Bertz CT molecular complexity index is 1150. The summed E-state index contributed by atoms with van der Waals surface area (Å²) in [6, 6.07) is 6.21. The number of carbonyl (C=O) groups is 2. The van der Waals surface area contributed by atoms with Crippen molar-refractivity contribution in [3.8, 4) is 22.8 Å². The molecule has 164 valence electrons. The van der Waals surface area contributed by atoms with Gasteiger partial charge in [0.25, 0.3) is 0 Å². The molecule has 2 bridgehead atoms. The van der Waals surface area contributed by atoms with Crippen molar-refractivity contribution >= 4 is 17.8 Å². The molecule has 3 unspecified atom stereocenters. The number of aryl methyl sites for hydroxylation is 1. The molecule has 3 atom stereocenters. The van der Waals surface area contributed by atoms with E-state index in [1.807, 2.05) is 19.3 Å². The smallest absolute Gasteiger partial charge is 0.327 e. The fraction of sp³-hybridized carbons (Fsp3) is 0.318. The van der Waals surface area contributed by atoms with Crippen molar-refractivity contribution in [3.05, 3.63) is 49.1 Å². The Balaban J connectivity index is 1.17. The van der Waals surface area contributed by atoms with Gasteiger partial charge in [0.2, 0.25) is 5.91 Å². The first-order valence-electron chi connectivity index (χ1n) is 10.4. The molecule has 0 saturated carbocycles.